The summed E-state index contributed by atoms with van der Waals surface area (Å²) in [6, 6.07) is 6.73. The zero-order valence-corrected chi connectivity index (χ0v) is 32.2. The van der Waals surface area contributed by atoms with Crippen LogP contribution in [0.3, 0.4) is 0 Å². The van der Waals surface area contributed by atoms with E-state index in [-0.39, 0.29) is 11.9 Å². The van der Waals surface area contributed by atoms with Crippen LogP contribution in [0, 0.1) is 16.7 Å². The molecule has 3 saturated heterocycles. The van der Waals surface area contributed by atoms with Crippen LogP contribution >= 0.6 is 0 Å². The Morgan fingerprint density at radius 2 is 1.63 bits per heavy atom. The van der Waals surface area contributed by atoms with E-state index in [2.05, 4.69) is 43.9 Å². The topological polar surface area (TPSA) is 170 Å². The summed E-state index contributed by atoms with van der Waals surface area (Å²) in [6.45, 7) is 19.0. The molecule has 14 nitrogen and oxygen atoms in total. The zero-order chi connectivity index (χ0) is 37.8. The first-order valence-corrected chi connectivity index (χ1v) is 18.6. The Hall–Kier alpha value is -4.35. The molecule has 52 heavy (non-hydrogen) atoms. The van der Waals surface area contributed by atoms with Crippen molar-refractivity contribution in [2.75, 3.05) is 82.3 Å². The van der Waals surface area contributed by atoms with Crippen LogP contribution in [0.5, 0.6) is 0 Å². The number of aromatic nitrogens is 1. The van der Waals surface area contributed by atoms with Crippen molar-refractivity contribution < 1.29 is 19.2 Å². The largest absolute Gasteiger partial charge is 0.444 e. The number of piperazine rings is 2. The summed E-state index contributed by atoms with van der Waals surface area (Å²) in [5.41, 5.74) is 14.5. The minimum absolute atomic E-state index is 0.0264. The number of allylic oxidation sites excluding steroid dienone is 3. The second-order valence-electron chi connectivity index (χ2n) is 15.9. The Morgan fingerprint density at radius 1 is 1.00 bits per heavy atom. The number of carbonyl (C=O) groups is 2. The summed E-state index contributed by atoms with van der Waals surface area (Å²) < 4.78 is 5.61. The maximum atomic E-state index is 13.8. The molecule has 284 valence electrons. The quantitative estimate of drug-likeness (QED) is 0.138. The van der Waals surface area contributed by atoms with Crippen LogP contribution in [0.4, 0.5) is 16.3 Å². The summed E-state index contributed by atoms with van der Waals surface area (Å²) in [5.74, 6) is 0.150. The first-order valence-electron chi connectivity index (χ1n) is 18.6. The van der Waals surface area contributed by atoms with Crippen LogP contribution < -0.4 is 21.3 Å². The van der Waals surface area contributed by atoms with Crippen LogP contribution in [-0.2, 0) is 14.4 Å². The van der Waals surface area contributed by atoms with Gasteiger partial charge in [0, 0.05) is 75.9 Å². The predicted molar refractivity (Wildman–Crippen MR) is 203 cm³/mol. The number of ether oxygens (including phenoxy) is 1. The minimum Gasteiger partial charge on any atom is -0.444 e. The Labute approximate surface area is 309 Å². The molecule has 1 aliphatic carbocycles. The Morgan fingerprint density at radius 3 is 2.23 bits per heavy atom. The third-order valence-corrected chi connectivity index (χ3v) is 10.8. The van der Waals surface area contributed by atoms with Crippen LogP contribution in [-0.4, -0.2) is 122 Å². The van der Waals surface area contributed by atoms with E-state index >= 15 is 0 Å². The molecule has 3 aliphatic heterocycles. The molecule has 0 aromatic carbocycles. The molecular formula is C38H58N10O4. The monoisotopic (exact) mass is 718 g/mol. The standard InChI is InChI=1S/C38H58N10O4/c1-26-9-8-12-38(6,33(26)30(25-39)27(2)40)35(49)52-43-34(41)31-23-29(46-17-21-48(22-18-46)36(50)51-37(3,4)5)24-32(42-31)47-19-15-45(16-20-47)28-10-13-44(7)14-11-28/h23-24,28H,8-22,40H2,1-7H3,(H2,41,43)/b30-27+. The van der Waals surface area contributed by atoms with Gasteiger partial charge in [0.15, 0.2) is 5.84 Å². The van der Waals surface area contributed by atoms with Gasteiger partial charge in [0.1, 0.15) is 23.2 Å². The highest BCUT2D eigenvalue weighted by atomic mass is 16.7. The number of amides is 1. The number of pyridine rings is 1. The second-order valence-corrected chi connectivity index (χ2v) is 15.9. The highest BCUT2D eigenvalue weighted by Gasteiger charge is 2.44. The summed E-state index contributed by atoms with van der Waals surface area (Å²) in [4.78, 5) is 48.3. The van der Waals surface area contributed by atoms with Gasteiger partial charge >= 0.3 is 12.1 Å². The number of rotatable bonds is 7. The Balaban J connectivity index is 1.38. The lowest BCUT2D eigenvalue weighted by atomic mass is 9.68. The van der Waals surface area contributed by atoms with Gasteiger partial charge in [-0.2, -0.15) is 5.26 Å². The van der Waals surface area contributed by atoms with Crippen molar-refractivity contribution in [3.63, 3.8) is 0 Å². The SMILES string of the molecule is CC1=C(/C(C#N)=C(\C)N)C(C)(C(=O)O/N=C(\N)c2cc(N3CCN(C(=O)OC(C)(C)C)CC3)cc(N3CCN(C4CCN(C)CC4)CC3)n2)CCC1. The predicted octanol–water partition coefficient (Wildman–Crippen LogP) is 3.78. The van der Waals surface area contributed by atoms with E-state index in [4.69, 9.17) is 26.0 Å². The van der Waals surface area contributed by atoms with E-state index in [0.717, 1.165) is 69.2 Å². The van der Waals surface area contributed by atoms with Gasteiger partial charge in [0.2, 0.25) is 0 Å². The fourth-order valence-electron chi connectivity index (χ4n) is 7.83. The lowest BCUT2D eigenvalue weighted by Gasteiger charge is -2.42. The number of likely N-dealkylation sites (tertiary alicyclic amines) is 1. The molecule has 4 N–H and O–H groups in total. The van der Waals surface area contributed by atoms with Crippen molar-refractivity contribution in [3.05, 3.63) is 40.2 Å². The number of amidine groups is 1. The summed E-state index contributed by atoms with van der Waals surface area (Å²) in [5, 5.41) is 14.1. The lowest BCUT2D eigenvalue weighted by molar-refractivity contribution is -0.153. The summed E-state index contributed by atoms with van der Waals surface area (Å²) in [6.07, 6.45) is 4.07. The van der Waals surface area contributed by atoms with Crippen molar-refractivity contribution >= 4 is 29.4 Å². The van der Waals surface area contributed by atoms with Gasteiger partial charge < -0.3 is 40.6 Å². The van der Waals surface area contributed by atoms with Gasteiger partial charge in [-0.15, -0.1) is 0 Å². The second kappa shape index (κ2) is 16.1. The van der Waals surface area contributed by atoms with E-state index in [9.17, 15) is 14.9 Å². The first-order chi connectivity index (χ1) is 24.6. The molecule has 0 saturated carbocycles. The average molecular weight is 719 g/mol. The molecule has 1 amide bonds. The number of hydrogen-bond acceptors (Lipinski definition) is 12. The fraction of sp³-hybridized carbons (Fsp3) is 0.658. The van der Waals surface area contributed by atoms with Gasteiger partial charge in [-0.05, 0) is 105 Å². The van der Waals surface area contributed by atoms with Crippen molar-refractivity contribution in [2.45, 2.75) is 85.3 Å². The Kier molecular flexibility index (Phi) is 12.1. The highest BCUT2D eigenvalue weighted by Crippen LogP contribution is 2.45. The summed E-state index contributed by atoms with van der Waals surface area (Å²) >= 11 is 0. The molecule has 1 aromatic rings. The van der Waals surface area contributed by atoms with E-state index in [0.29, 0.717) is 61.2 Å². The molecule has 0 bridgehead atoms. The van der Waals surface area contributed by atoms with Gasteiger partial charge in [-0.3, -0.25) is 4.90 Å². The van der Waals surface area contributed by atoms with Gasteiger partial charge in [-0.25, -0.2) is 14.6 Å². The molecule has 0 spiro atoms. The lowest BCUT2D eigenvalue weighted by Crippen LogP contribution is -2.53. The van der Waals surface area contributed by atoms with Crippen LogP contribution in [0.2, 0.25) is 0 Å². The highest BCUT2D eigenvalue weighted by molar-refractivity contribution is 5.97. The fourth-order valence-corrected chi connectivity index (χ4v) is 7.83. The van der Waals surface area contributed by atoms with E-state index in [1.807, 2.05) is 33.8 Å². The van der Waals surface area contributed by atoms with E-state index < -0.39 is 17.0 Å². The van der Waals surface area contributed by atoms with Crippen molar-refractivity contribution in [1.82, 2.24) is 19.7 Å². The first kappa shape index (κ1) is 38.9. The third-order valence-electron chi connectivity index (χ3n) is 10.8. The number of carbonyl (C=O) groups excluding carboxylic acids is 2. The maximum Gasteiger partial charge on any atom is 0.410 e. The van der Waals surface area contributed by atoms with Crippen molar-refractivity contribution in [1.29, 1.82) is 5.26 Å². The number of hydrogen-bond donors (Lipinski definition) is 2. The third kappa shape index (κ3) is 8.98. The summed E-state index contributed by atoms with van der Waals surface area (Å²) in [7, 11) is 2.19. The molecule has 1 aromatic heterocycles. The molecule has 0 radical (unpaired) electrons. The molecule has 3 fully saturated rings. The molecular weight excluding hydrogens is 660 g/mol. The van der Waals surface area contributed by atoms with Gasteiger partial charge in [-0.1, -0.05) is 10.7 Å². The van der Waals surface area contributed by atoms with E-state index in [1.54, 1.807) is 18.7 Å². The number of nitrogens with zero attached hydrogens (tertiary/aromatic N) is 8. The number of oxime groups is 1. The number of piperidine rings is 1. The molecule has 4 aliphatic rings. The van der Waals surface area contributed by atoms with Crippen LogP contribution in [0.1, 0.15) is 79.3 Å². The van der Waals surface area contributed by atoms with Crippen LogP contribution in [0.15, 0.2) is 39.7 Å². The zero-order valence-electron chi connectivity index (χ0n) is 32.2. The van der Waals surface area contributed by atoms with Crippen molar-refractivity contribution in [3.8, 4) is 6.07 Å². The average Bonchev–Trinajstić information content (AvgIpc) is 3.11. The number of anilines is 2. The smallest absolute Gasteiger partial charge is 0.410 e. The number of nitrogens with two attached hydrogens (primary N) is 2. The molecule has 5 rings (SSSR count). The van der Waals surface area contributed by atoms with Gasteiger partial charge in [0.25, 0.3) is 0 Å². The van der Waals surface area contributed by atoms with E-state index in [1.165, 1.54) is 12.8 Å². The molecule has 1 unspecified atom stereocenters. The molecule has 4 heterocycles. The van der Waals surface area contributed by atoms with Gasteiger partial charge in [0.05, 0.1) is 11.0 Å². The van der Waals surface area contributed by atoms with Crippen molar-refractivity contribution in [2.24, 2.45) is 22.0 Å². The normalized spacial score (nSPS) is 23.7. The Bertz CT molecular complexity index is 1610. The molecule has 1 atom stereocenters. The van der Waals surface area contributed by atoms with Crippen LogP contribution in [0.25, 0.3) is 0 Å². The molecule has 14 heteroatoms. The maximum absolute atomic E-state index is 13.8. The minimum atomic E-state index is -1.11. The number of nitriles is 1.